The molecular formula is C41H72N8O7S. The molecule has 0 aliphatic carbocycles. The number of Topliss-reactive ketones (excluding diaryl/α,β-unsaturated/α-hetero) is 1. The van der Waals surface area contributed by atoms with E-state index in [2.05, 4.69) is 72.2 Å². The van der Waals surface area contributed by atoms with Crippen LogP contribution in [0.2, 0.25) is 0 Å². The molecule has 324 valence electrons. The van der Waals surface area contributed by atoms with Crippen LogP contribution in [0.4, 0.5) is 4.79 Å². The van der Waals surface area contributed by atoms with Crippen molar-refractivity contribution in [3.05, 3.63) is 35.9 Å². The maximum absolute atomic E-state index is 13.8. The number of rotatable bonds is 14. The number of likely N-dealkylation sites (tertiary alicyclic amines) is 1. The van der Waals surface area contributed by atoms with Gasteiger partial charge in [0.05, 0.1) is 18.1 Å². The zero-order valence-electron chi connectivity index (χ0n) is 36.6. The molecule has 0 saturated carbocycles. The highest BCUT2D eigenvalue weighted by atomic mass is 32.1. The predicted molar refractivity (Wildman–Crippen MR) is 229 cm³/mol. The SMILES string of the molecule is CCC.CCC.CCC(C)C(NC(=O)C1CCCN1C(=O)C(NC(=O)NC(C)(C)C)C1(C)CN1)C(=O)C(=O)NCC(=O)NC(C(=O)N(C)C)c1ccccc1.CS. The van der Waals surface area contributed by atoms with Gasteiger partial charge < -0.3 is 41.7 Å². The Kier molecular flexibility index (Phi) is 24.0. The molecule has 6 atom stereocenters. The zero-order valence-corrected chi connectivity index (χ0v) is 37.5. The van der Waals surface area contributed by atoms with E-state index in [1.54, 1.807) is 57.6 Å². The molecule has 3 rings (SSSR count). The fourth-order valence-electron chi connectivity index (χ4n) is 5.56. The van der Waals surface area contributed by atoms with Gasteiger partial charge in [-0.05, 0) is 58.3 Å². The highest BCUT2D eigenvalue weighted by Gasteiger charge is 2.52. The van der Waals surface area contributed by atoms with Crippen molar-refractivity contribution in [1.82, 2.24) is 41.7 Å². The smallest absolute Gasteiger partial charge is 0.315 e. The molecule has 15 nitrogen and oxygen atoms in total. The van der Waals surface area contributed by atoms with Crippen molar-refractivity contribution in [2.75, 3.05) is 40.0 Å². The molecule has 1 aromatic rings. The number of nitrogens with zero attached hydrogens (tertiary/aromatic N) is 2. The normalized spacial score (nSPS) is 18.7. The lowest BCUT2D eigenvalue weighted by Gasteiger charge is -2.33. The van der Waals surface area contributed by atoms with Crippen LogP contribution in [-0.4, -0.2) is 120 Å². The number of carbonyl (C=O) groups is 7. The first-order chi connectivity index (χ1) is 26.7. The van der Waals surface area contributed by atoms with Crippen molar-refractivity contribution in [2.24, 2.45) is 5.92 Å². The lowest BCUT2D eigenvalue weighted by atomic mass is 9.94. The minimum atomic E-state index is -1.22. The molecule has 0 radical (unpaired) electrons. The fourth-order valence-corrected chi connectivity index (χ4v) is 5.56. The third-order valence-electron chi connectivity index (χ3n) is 8.77. The number of urea groups is 1. The van der Waals surface area contributed by atoms with Crippen LogP contribution in [0.1, 0.15) is 113 Å². The zero-order chi connectivity index (χ0) is 44.1. The molecule has 2 fully saturated rings. The van der Waals surface area contributed by atoms with Gasteiger partial charge in [0.15, 0.2) is 0 Å². The quantitative estimate of drug-likeness (QED) is 0.0840. The van der Waals surface area contributed by atoms with Crippen LogP contribution >= 0.6 is 12.6 Å². The molecule has 2 aliphatic heterocycles. The molecular weight excluding hydrogens is 749 g/mol. The topological polar surface area (TPSA) is 208 Å². The molecule has 2 saturated heterocycles. The summed E-state index contributed by atoms with van der Waals surface area (Å²) in [6, 6.07) is 4.03. The molecule has 0 bridgehead atoms. The van der Waals surface area contributed by atoms with Crippen molar-refractivity contribution in [3.8, 4) is 0 Å². The van der Waals surface area contributed by atoms with E-state index in [9.17, 15) is 33.6 Å². The van der Waals surface area contributed by atoms with E-state index in [0.29, 0.717) is 31.4 Å². The minimum Gasteiger partial charge on any atom is -0.347 e. The standard InChI is InChI=1S/C34H52N8O7.2C3H8.CH4S/c1-9-20(2)24(26(44)29(46)35-18-23(43)37-25(30(47)41(7)8)21-14-11-10-12-15-21)38-28(45)22-16-13-17-42(22)31(48)27(34(6)19-36-34)39-32(49)40-33(3,4)5;2*1-3-2;1-2/h10-12,14-15,20,22,24-25,27,36H,9,13,16-19H2,1-8H3,(H,35,46)(H,37,43)(H,38,45)(H2,39,40,49);2*3H2,1-2H3;2H,1H3. The van der Waals surface area contributed by atoms with Gasteiger partial charge in [0.2, 0.25) is 29.4 Å². The van der Waals surface area contributed by atoms with E-state index in [1.165, 1.54) is 22.6 Å². The number of nitrogens with one attached hydrogen (secondary N) is 6. The Labute approximate surface area is 346 Å². The van der Waals surface area contributed by atoms with Gasteiger partial charge in [0.25, 0.3) is 5.91 Å². The third kappa shape index (κ3) is 17.9. The number of carbonyl (C=O) groups excluding carboxylic acids is 7. The number of hydrogen-bond acceptors (Lipinski definition) is 9. The van der Waals surface area contributed by atoms with E-state index in [1.807, 2.05) is 34.6 Å². The van der Waals surface area contributed by atoms with E-state index >= 15 is 0 Å². The van der Waals surface area contributed by atoms with E-state index < -0.39 is 83.2 Å². The summed E-state index contributed by atoms with van der Waals surface area (Å²) >= 11 is 3.53. The van der Waals surface area contributed by atoms with Crippen LogP contribution in [-0.2, 0) is 28.8 Å². The molecule has 57 heavy (non-hydrogen) atoms. The second kappa shape index (κ2) is 25.9. The third-order valence-corrected chi connectivity index (χ3v) is 8.77. The first kappa shape index (κ1) is 52.8. The van der Waals surface area contributed by atoms with Crippen LogP contribution in [0.5, 0.6) is 0 Å². The Morgan fingerprint density at radius 1 is 0.930 bits per heavy atom. The van der Waals surface area contributed by atoms with Crippen LogP contribution in [0.15, 0.2) is 30.3 Å². The molecule has 7 amide bonds. The van der Waals surface area contributed by atoms with Crippen LogP contribution in [0, 0.1) is 5.92 Å². The first-order valence-electron chi connectivity index (χ1n) is 20.0. The molecule has 2 heterocycles. The van der Waals surface area contributed by atoms with E-state index in [0.717, 1.165) is 0 Å². The van der Waals surface area contributed by atoms with Gasteiger partial charge in [-0.3, -0.25) is 28.8 Å². The van der Waals surface area contributed by atoms with Gasteiger partial charge in [-0.15, -0.1) is 0 Å². The van der Waals surface area contributed by atoms with E-state index in [-0.39, 0.29) is 12.5 Å². The summed E-state index contributed by atoms with van der Waals surface area (Å²) in [6.07, 6.45) is 5.51. The Balaban J connectivity index is 0.00000362. The van der Waals surface area contributed by atoms with Crippen molar-refractivity contribution >= 4 is 54.0 Å². The summed E-state index contributed by atoms with van der Waals surface area (Å²) in [4.78, 5) is 94.9. The Morgan fingerprint density at radius 3 is 1.95 bits per heavy atom. The number of benzene rings is 1. The van der Waals surface area contributed by atoms with Crippen molar-refractivity contribution in [2.45, 2.75) is 137 Å². The van der Waals surface area contributed by atoms with Crippen molar-refractivity contribution in [1.29, 1.82) is 0 Å². The molecule has 6 unspecified atom stereocenters. The van der Waals surface area contributed by atoms with Gasteiger partial charge in [-0.1, -0.05) is 91.1 Å². The maximum atomic E-state index is 13.8. The Bertz CT molecular complexity index is 1450. The summed E-state index contributed by atoms with van der Waals surface area (Å²) in [5, 5.41) is 16.3. The van der Waals surface area contributed by atoms with Gasteiger partial charge in [-0.2, -0.15) is 12.6 Å². The highest BCUT2D eigenvalue weighted by molar-refractivity contribution is 7.79. The lowest BCUT2D eigenvalue weighted by Crippen LogP contribution is -2.62. The Morgan fingerprint density at radius 2 is 1.47 bits per heavy atom. The summed E-state index contributed by atoms with van der Waals surface area (Å²) in [6.45, 7) is 19.5. The maximum Gasteiger partial charge on any atom is 0.315 e. The fraction of sp³-hybridized carbons (Fsp3) is 0.683. The summed E-state index contributed by atoms with van der Waals surface area (Å²) in [5.74, 6) is -4.54. The summed E-state index contributed by atoms with van der Waals surface area (Å²) in [7, 11) is 3.11. The average Bonchev–Trinajstić information content (AvgIpc) is 3.71. The largest absolute Gasteiger partial charge is 0.347 e. The number of ketones is 1. The van der Waals surface area contributed by atoms with Crippen molar-refractivity contribution in [3.63, 3.8) is 0 Å². The lowest BCUT2D eigenvalue weighted by molar-refractivity contribution is -0.144. The molecule has 2 aliphatic rings. The Hall–Kier alpha value is -4.18. The average molecular weight is 821 g/mol. The second-order valence-corrected chi connectivity index (χ2v) is 15.7. The van der Waals surface area contributed by atoms with E-state index in [4.69, 9.17) is 0 Å². The van der Waals surface area contributed by atoms with Gasteiger partial charge in [0.1, 0.15) is 18.1 Å². The molecule has 6 N–H and O–H groups in total. The number of hydrogen-bond donors (Lipinski definition) is 7. The van der Waals surface area contributed by atoms with Crippen LogP contribution in [0.25, 0.3) is 0 Å². The number of likely N-dealkylation sites (N-methyl/N-ethyl adjacent to an activating group) is 1. The van der Waals surface area contributed by atoms with Gasteiger partial charge in [-0.25, -0.2) is 4.79 Å². The first-order valence-corrected chi connectivity index (χ1v) is 20.9. The van der Waals surface area contributed by atoms with Crippen LogP contribution in [0.3, 0.4) is 0 Å². The number of amides is 7. The number of thiol groups is 1. The summed E-state index contributed by atoms with van der Waals surface area (Å²) < 4.78 is 0. The molecule has 1 aromatic carbocycles. The highest BCUT2D eigenvalue weighted by Crippen LogP contribution is 2.27. The monoisotopic (exact) mass is 821 g/mol. The summed E-state index contributed by atoms with van der Waals surface area (Å²) in [5.41, 5.74) is -0.667. The molecule has 0 spiro atoms. The minimum absolute atomic E-state index is 0.282. The molecule has 0 aromatic heterocycles. The van der Waals surface area contributed by atoms with Crippen molar-refractivity contribution < 1.29 is 33.6 Å². The molecule has 16 heteroatoms. The van der Waals surface area contributed by atoms with Crippen LogP contribution < -0.4 is 31.9 Å². The second-order valence-electron chi connectivity index (χ2n) is 15.7. The van der Waals surface area contributed by atoms with Gasteiger partial charge in [0, 0.05) is 32.7 Å². The predicted octanol–water partition coefficient (Wildman–Crippen LogP) is 3.35. The van der Waals surface area contributed by atoms with Gasteiger partial charge >= 0.3 is 6.03 Å².